The summed E-state index contributed by atoms with van der Waals surface area (Å²) in [7, 11) is -3.33. The maximum Gasteiger partial charge on any atom is 0.229 e. The van der Waals surface area contributed by atoms with E-state index in [1.54, 1.807) is 18.3 Å². The van der Waals surface area contributed by atoms with Crippen molar-refractivity contribution in [3.63, 3.8) is 0 Å². The highest BCUT2D eigenvalue weighted by molar-refractivity contribution is 7.92. The lowest BCUT2D eigenvalue weighted by Gasteiger charge is -2.29. The van der Waals surface area contributed by atoms with E-state index in [1.165, 1.54) is 0 Å². The molecule has 156 valence electrons. The van der Waals surface area contributed by atoms with Crippen LogP contribution in [0.5, 0.6) is 0 Å². The molecule has 2 N–H and O–H groups in total. The second-order valence-electron chi connectivity index (χ2n) is 7.14. The molecule has 0 saturated carbocycles. The topological polar surface area (TPSA) is 79.3 Å². The quantitative estimate of drug-likeness (QED) is 0.571. The summed E-state index contributed by atoms with van der Waals surface area (Å²) in [5, 5.41) is 4.03. The average Bonchev–Trinajstić information content (AvgIpc) is 3.32. The van der Waals surface area contributed by atoms with Crippen LogP contribution in [0.4, 0.5) is 11.4 Å². The fourth-order valence-electron chi connectivity index (χ4n) is 3.82. The van der Waals surface area contributed by atoms with Crippen LogP contribution in [0.15, 0.2) is 67.0 Å². The smallest absolute Gasteiger partial charge is 0.229 e. The van der Waals surface area contributed by atoms with E-state index in [1.807, 2.05) is 36.4 Å². The SMILES string of the molecule is CCn1cccc1[C@@H]1[C@@H](c2ccccn2)NC(=S)N1c1ccc(NS(C)(=O)=O)cc1. The fraction of sp³-hybridized carbons (Fsp3) is 0.238. The third-order valence-electron chi connectivity index (χ3n) is 5.06. The highest BCUT2D eigenvalue weighted by atomic mass is 32.2. The van der Waals surface area contributed by atoms with Gasteiger partial charge in [0, 0.05) is 36.0 Å². The van der Waals surface area contributed by atoms with Gasteiger partial charge in [-0.3, -0.25) is 9.71 Å². The van der Waals surface area contributed by atoms with E-state index >= 15 is 0 Å². The van der Waals surface area contributed by atoms with Crippen LogP contribution >= 0.6 is 12.2 Å². The molecule has 9 heteroatoms. The normalized spacial score (nSPS) is 19.0. The molecule has 1 fully saturated rings. The van der Waals surface area contributed by atoms with E-state index in [2.05, 4.69) is 43.7 Å². The van der Waals surface area contributed by atoms with Gasteiger partial charge in [-0.2, -0.15) is 0 Å². The molecule has 7 nitrogen and oxygen atoms in total. The molecule has 0 unspecified atom stereocenters. The van der Waals surface area contributed by atoms with Gasteiger partial charge in [0.2, 0.25) is 10.0 Å². The Morgan fingerprint density at radius 1 is 1.13 bits per heavy atom. The molecule has 0 radical (unpaired) electrons. The van der Waals surface area contributed by atoms with Crippen molar-refractivity contribution in [2.75, 3.05) is 15.9 Å². The van der Waals surface area contributed by atoms with Crippen LogP contribution in [0, 0.1) is 0 Å². The zero-order valence-electron chi connectivity index (χ0n) is 16.7. The number of hydrogen-bond donors (Lipinski definition) is 2. The summed E-state index contributed by atoms with van der Waals surface area (Å²) < 4.78 is 27.7. The van der Waals surface area contributed by atoms with Crippen molar-refractivity contribution in [3.8, 4) is 0 Å². The van der Waals surface area contributed by atoms with Crippen molar-refractivity contribution in [1.82, 2.24) is 14.9 Å². The minimum atomic E-state index is -3.33. The second kappa shape index (κ2) is 8.08. The summed E-state index contributed by atoms with van der Waals surface area (Å²) in [4.78, 5) is 6.63. The first-order chi connectivity index (χ1) is 14.4. The number of thiocarbonyl (C=S) groups is 1. The van der Waals surface area contributed by atoms with E-state index in [-0.39, 0.29) is 12.1 Å². The molecule has 0 aliphatic carbocycles. The van der Waals surface area contributed by atoms with Crippen LogP contribution in [0.2, 0.25) is 0 Å². The number of rotatable bonds is 6. The Morgan fingerprint density at radius 2 is 1.90 bits per heavy atom. The molecular formula is C21H23N5O2S2. The number of sulfonamides is 1. The van der Waals surface area contributed by atoms with Crippen molar-refractivity contribution < 1.29 is 8.42 Å². The Morgan fingerprint density at radius 3 is 2.53 bits per heavy atom. The second-order valence-corrected chi connectivity index (χ2v) is 9.27. The molecule has 2 aromatic heterocycles. The van der Waals surface area contributed by atoms with Crippen LogP contribution in [-0.2, 0) is 16.6 Å². The molecular weight excluding hydrogens is 418 g/mol. The summed E-state index contributed by atoms with van der Waals surface area (Å²) in [6.45, 7) is 2.95. The molecule has 0 amide bonds. The maximum atomic E-state index is 11.5. The number of pyridine rings is 1. The Hall–Kier alpha value is -2.91. The van der Waals surface area contributed by atoms with Crippen molar-refractivity contribution in [2.24, 2.45) is 0 Å². The Bertz CT molecular complexity index is 1140. The van der Waals surface area contributed by atoms with Crippen LogP contribution < -0.4 is 14.9 Å². The van der Waals surface area contributed by atoms with Gasteiger partial charge in [0.25, 0.3) is 0 Å². The zero-order valence-corrected chi connectivity index (χ0v) is 18.3. The van der Waals surface area contributed by atoms with Crippen LogP contribution in [-0.4, -0.2) is 29.3 Å². The first-order valence-corrected chi connectivity index (χ1v) is 11.9. The standard InChI is InChI=1S/C21H23N5O2S2/c1-3-25-14-6-8-18(25)20-19(17-7-4-5-13-22-17)23-21(29)26(20)16-11-9-15(10-12-16)24-30(2,27)28/h4-14,19-20,24H,3H2,1-2H3,(H,23,29)/t19-,20-/m1/s1. The van der Waals surface area contributed by atoms with Crippen LogP contribution in [0.1, 0.15) is 30.4 Å². The number of anilines is 2. The molecule has 1 aliphatic heterocycles. The Kier molecular flexibility index (Phi) is 5.48. The predicted octanol–water partition coefficient (Wildman–Crippen LogP) is 3.45. The van der Waals surface area contributed by atoms with Gasteiger partial charge in [0.05, 0.1) is 18.0 Å². The monoisotopic (exact) mass is 441 g/mol. The number of nitrogens with zero attached hydrogens (tertiary/aromatic N) is 3. The van der Waals surface area contributed by atoms with E-state index in [0.717, 1.165) is 29.9 Å². The zero-order chi connectivity index (χ0) is 21.3. The lowest BCUT2D eigenvalue weighted by molar-refractivity contribution is 0.529. The third kappa shape index (κ3) is 4.03. The number of aromatic nitrogens is 2. The number of benzene rings is 1. The van der Waals surface area contributed by atoms with Crippen molar-refractivity contribution in [2.45, 2.75) is 25.6 Å². The van der Waals surface area contributed by atoms with Crippen LogP contribution in [0.3, 0.4) is 0 Å². The number of hydrogen-bond acceptors (Lipinski definition) is 4. The molecule has 3 aromatic rings. The minimum absolute atomic E-state index is 0.101. The highest BCUT2D eigenvalue weighted by Crippen LogP contribution is 2.41. The van der Waals surface area contributed by atoms with Gasteiger partial charge in [0.1, 0.15) is 6.04 Å². The van der Waals surface area contributed by atoms with Crippen molar-refractivity contribution in [3.05, 3.63) is 78.4 Å². The van der Waals surface area contributed by atoms with Crippen LogP contribution in [0.25, 0.3) is 0 Å². The maximum absolute atomic E-state index is 11.5. The molecule has 0 bridgehead atoms. The van der Waals surface area contributed by atoms with Crippen molar-refractivity contribution in [1.29, 1.82) is 0 Å². The van der Waals surface area contributed by atoms with Gasteiger partial charge in [0.15, 0.2) is 5.11 Å². The van der Waals surface area contributed by atoms with E-state index in [9.17, 15) is 8.42 Å². The van der Waals surface area contributed by atoms with E-state index < -0.39 is 10.0 Å². The first-order valence-electron chi connectivity index (χ1n) is 9.61. The van der Waals surface area contributed by atoms with E-state index in [4.69, 9.17) is 12.2 Å². The predicted molar refractivity (Wildman–Crippen MR) is 123 cm³/mol. The summed E-state index contributed by atoms with van der Waals surface area (Å²) in [6, 6.07) is 17.0. The van der Waals surface area contributed by atoms with Gasteiger partial charge in [-0.1, -0.05) is 6.07 Å². The summed E-state index contributed by atoms with van der Waals surface area (Å²) in [6.07, 6.45) is 4.97. The summed E-state index contributed by atoms with van der Waals surface area (Å²) >= 11 is 5.72. The summed E-state index contributed by atoms with van der Waals surface area (Å²) in [5.41, 5.74) is 3.42. The number of nitrogens with one attached hydrogen (secondary N) is 2. The lowest BCUT2D eigenvalue weighted by atomic mass is 10.0. The van der Waals surface area contributed by atoms with E-state index in [0.29, 0.717) is 10.8 Å². The molecule has 4 rings (SSSR count). The summed E-state index contributed by atoms with van der Waals surface area (Å²) in [5.74, 6) is 0. The molecule has 2 atom stereocenters. The van der Waals surface area contributed by atoms with Crippen molar-refractivity contribution >= 4 is 38.7 Å². The molecule has 3 heterocycles. The van der Waals surface area contributed by atoms with Gasteiger partial charge in [-0.05, 0) is 67.7 Å². The molecule has 0 spiro atoms. The first kappa shape index (κ1) is 20.4. The lowest BCUT2D eigenvalue weighted by Crippen LogP contribution is -2.30. The van der Waals surface area contributed by atoms with Gasteiger partial charge in [-0.15, -0.1) is 0 Å². The Balaban J connectivity index is 1.76. The minimum Gasteiger partial charge on any atom is -0.351 e. The highest BCUT2D eigenvalue weighted by Gasteiger charge is 2.41. The van der Waals surface area contributed by atoms with Gasteiger partial charge in [-0.25, -0.2) is 8.42 Å². The third-order valence-corrected chi connectivity index (χ3v) is 5.98. The van der Waals surface area contributed by atoms with Gasteiger partial charge < -0.3 is 14.8 Å². The molecule has 1 aromatic carbocycles. The van der Waals surface area contributed by atoms with Gasteiger partial charge >= 0.3 is 0 Å². The molecule has 1 saturated heterocycles. The fourth-order valence-corrected chi connectivity index (χ4v) is 4.73. The molecule has 1 aliphatic rings. The number of aryl methyl sites for hydroxylation is 1. The average molecular weight is 442 g/mol. The molecule has 30 heavy (non-hydrogen) atoms. The largest absolute Gasteiger partial charge is 0.351 e. The Labute approximate surface area is 181 Å².